The van der Waals surface area contributed by atoms with Gasteiger partial charge in [-0.3, -0.25) is 0 Å². The van der Waals surface area contributed by atoms with Crippen molar-refractivity contribution in [2.75, 3.05) is 4.90 Å². The summed E-state index contributed by atoms with van der Waals surface area (Å²) in [6, 6.07) is 54.4. The molecule has 0 heterocycles. The van der Waals surface area contributed by atoms with Crippen LogP contribution < -0.4 is 4.90 Å². The zero-order valence-electron chi connectivity index (χ0n) is 33.9. The molecule has 7 aromatic carbocycles. The number of aryl methyl sites for hydroxylation is 2. The molecule has 2 aliphatic rings. The fraction of sp³-hybridized carbons (Fsp3) is 0.143. The van der Waals surface area contributed by atoms with Crippen LogP contribution in [0.5, 0.6) is 0 Å². The lowest BCUT2D eigenvalue weighted by atomic mass is 9.79. The van der Waals surface area contributed by atoms with Gasteiger partial charge in [-0.05, 0) is 146 Å². The van der Waals surface area contributed by atoms with E-state index in [-0.39, 0.29) is 10.8 Å². The van der Waals surface area contributed by atoms with Gasteiger partial charge in [0.15, 0.2) is 0 Å². The van der Waals surface area contributed by atoms with Gasteiger partial charge in [0.2, 0.25) is 0 Å². The lowest BCUT2D eigenvalue weighted by molar-refractivity contribution is 0.652. The first-order valence-corrected chi connectivity index (χ1v) is 20.1. The number of hydrogen-bond acceptors (Lipinski definition) is 1. The molecule has 0 atom stereocenters. The minimum absolute atomic E-state index is 0.110. The number of nitrogens with zero attached hydrogens (tertiary/aromatic N) is 1. The third kappa shape index (κ3) is 5.76. The Balaban J connectivity index is 1.17. The molecule has 0 amide bonds. The van der Waals surface area contributed by atoms with Crippen molar-refractivity contribution in [2.24, 2.45) is 0 Å². The van der Waals surface area contributed by atoms with Crippen LogP contribution in [0.4, 0.5) is 17.1 Å². The van der Waals surface area contributed by atoms with E-state index in [9.17, 15) is 0 Å². The highest BCUT2D eigenvalue weighted by molar-refractivity contribution is 5.97. The standard InChI is InChI=1S/C56H49N/c1-9-17-38(10-2)39-25-29-42(30-26-39)57(43-28-24-36(3)37(4)32-43)53-23-15-14-20-44(53)41-27-31-46-47-34-52-48(35-51(47)56(7,8)50(46)33-41)54-45(40-18-12-11-13-19-40)21-16-22-49(54)55(52,5)6/h9-35H,1-2H2,3-8H3/b38-17+. The maximum absolute atomic E-state index is 4.04. The van der Waals surface area contributed by atoms with Gasteiger partial charge in [-0.15, -0.1) is 0 Å². The first-order valence-electron chi connectivity index (χ1n) is 20.1. The monoisotopic (exact) mass is 735 g/mol. The Hall–Kier alpha value is -6.44. The smallest absolute Gasteiger partial charge is 0.0540 e. The van der Waals surface area contributed by atoms with Crippen LogP contribution in [0.1, 0.15) is 66.6 Å². The van der Waals surface area contributed by atoms with Crippen LogP contribution in [0.2, 0.25) is 0 Å². The average Bonchev–Trinajstić information content (AvgIpc) is 3.60. The van der Waals surface area contributed by atoms with E-state index in [1.165, 1.54) is 77.9 Å². The fourth-order valence-corrected chi connectivity index (χ4v) is 9.46. The molecular weight excluding hydrogens is 687 g/mol. The molecule has 0 spiro atoms. The summed E-state index contributed by atoms with van der Waals surface area (Å²) in [6.07, 6.45) is 5.70. The molecule has 2 aliphatic carbocycles. The highest BCUT2D eigenvalue weighted by Crippen LogP contribution is 2.58. The number of para-hydroxylation sites is 1. The third-order valence-electron chi connectivity index (χ3n) is 12.8. The second-order valence-corrected chi connectivity index (χ2v) is 16.8. The van der Waals surface area contributed by atoms with Crippen LogP contribution in [-0.2, 0) is 10.8 Å². The molecule has 0 saturated carbocycles. The first kappa shape index (κ1) is 36.2. The second kappa shape index (κ2) is 13.6. The molecule has 0 N–H and O–H groups in total. The maximum atomic E-state index is 4.04. The Bertz CT molecular complexity index is 2770. The second-order valence-electron chi connectivity index (χ2n) is 16.8. The first-order chi connectivity index (χ1) is 27.5. The van der Waals surface area contributed by atoms with Crippen molar-refractivity contribution in [3.63, 3.8) is 0 Å². The van der Waals surface area contributed by atoms with Gasteiger partial charge in [0.1, 0.15) is 0 Å². The van der Waals surface area contributed by atoms with Gasteiger partial charge < -0.3 is 4.90 Å². The minimum atomic E-state index is -0.190. The number of benzene rings is 7. The van der Waals surface area contributed by atoms with Crippen molar-refractivity contribution in [3.8, 4) is 44.5 Å². The Morgan fingerprint density at radius 2 is 1.14 bits per heavy atom. The van der Waals surface area contributed by atoms with Crippen LogP contribution >= 0.6 is 0 Å². The van der Waals surface area contributed by atoms with Crippen LogP contribution in [0.15, 0.2) is 177 Å². The molecular formula is C56H49N. The Kier molecular flexibility index (Phi) is 8.67. The number of anilines is 3. The third-order valence-corrected chi connectivity index (χ3v) is 12.8. The molecule has 0 saturated heterocycles. The van der Waals surface area contributed by atoms with Crippen molar-refractivity contribution in [3.05, 3.63) is 216 Å². The molecule has 9 rings (SSSR count). The van der Waals surface area contributed by atoms with E-state index in [2.05, 4.69) is 205 Å². The van der Waals surface area contributed by atoms with Crippen LogP contribution in [0.3, 0.4) is 0 Å². The van der Waals surface area contributed by atoms with Gasteiger partial charge in [-0.2, -0.15) is 0 Å². The van der Waals surface area contributed by atoms with E-state index in [0.717, 1.165) is 28.2 Å². The number of allylic oxidation sites excluding steroid dienone is 4. The summed E-state index contributed by atoms with van der Waals surface area (Å²) in [6.45, 7) is 21.9. The van der Waals surface area contributed by atoms with E-state index >= 15 is 0 Å². The van der Waals surface area contributed by atoms with Gasteiger partial charge in [0.05, 0.1) is 5.69 Å². The van der Waals surface area contributed by atoms with Crippen molar-refractivity contribution < 1.29 is 0 Å². The summed E-state index contributed by atoms with van der Waals surface area (Å²) in [7, 11) is 0. The fourth-order valence-electron chi connectivity index (χ4n) is 9.46. The van der Waals surface area contributed by atoms with Crippen molar-refractivity contribution >= 4 is 22.6 Å². The molecule has 1 nitrogen and oxygen atoms in total. The van der Waals surface area contributed by atoms with Crippen molar-refractivity contribution in [1.82, 2.24) is 0 Å². The van der Waals surface area contributed by atoms with Crippen molar-refractivity contribution in [1.29, 1.82) is 0 Å². The normalized spacial score (nSPS) is 14.3. The van der Waals surface area contributed by atoms with Crippen LogP contribution in [-0.4, -0.2) is 0 Å². The largest absolute Gasteiger partial charge is 0.310 e. The van der Waals surface area contributed by atoms with Crippen molar-refractivity contribution in [2.45, 2.75) is 52.4 Å². The summed E-state index contributed by atoms with van der Waals surface area (Å²) < 4.78 is 0. The predicted octanol–water partition coefficient (Wildman–Crippen LogP) is 15.5. The van der Waals surface area contributed by atoms with Crippen LogP contribution in [0.25, 0.3) is 50.1 Å². The Morgan fingerprint density at radius 1 is 0.491 bits per heavy atom. The molecule has 278 valence electrons. The zero-order valence-corrected chi connectivity index (χ0v) is 33.9. The lowest BCUT2D eigenvalue weighted by Crippen LogP contribution is -2.17. The lowest BCUT2D eigenvalue weighted by Gasteiger charge is -2.29. The predicted molar refractivity (Wildman–Crippen MR) is 245 cm³/mol. The molecule has 0 bridgehead atoms. The molecule has 7 aromatic rings. The highest BCUT2D eigenvalue weighted by atomic mass is 15.1. The average molecular weight is 736 g/mol. The summed E-state index contributed by atoms with van der Waals surface area (Å²) in [5, 5.41) is 0. The molecule has 57 heavy (non-hydrogen) atoms. The summed E-state index contributed by atoms with van der Waals surface area (Å²) >= 11 is 0. The van der Waals surface area contributed by atoms with E-state index in [4.69, 9.17) is 0 Å². The van der Waals surface area contributed by atoms with Gasteiger partial charge in [0.25, 0.3) is 0 Å². The molecule has 0 fully saturated rings. The topological polar surface area (TPSA) is 3.24 Å². The van der Waals surface area contributed by atoms with Gasteiger partial charge in [-0.1, -0.05) is 156 Å². The van der Waals surface area contributed by atoms with E-state index < -0.39 is 0 Å². The van der Waals surface area contributed by atoms with Crippen LogP contribution in [0, 0.1) is 13.8 Å². The number of hydrogen-bond donors (Lipinski definition) is 0. The van der Waals surface area contributed by atoms with E-state index in [1.807, 2.05) is 18.2 Å². The number of rotatable bonds is 8. The highest BCUT2D eigenvalue weighted by Gasteiger charge is 2.42. The molecule has 0 aromatic heterocycles. The number of fused-ring (bicyclic) bond motifs is 6. The molecule has 0 radical (unpaired) electrons. The molecule has 0 unspecified atom stereocenters. The SMILES string of the molecule is C=C/C=C(\C=C)c1ccc(N(c2ccc(C)c(C)c2)c2ccccc2-c2ccc3c(c2)C(C)(C)c2cc4c(cc2-3)C(C)(C)c2cccc(-c3ccccc3)c2-4)cc1. The van der Waals surface area contributed by atoms with Gasteiger partial charge in [0, 0.05) is 27.8 Å². The molecule has 0 aliphatic heterocycles. The quantitative estimate of drug-likeness (QED) is 0.141. The minimum Gasteiger partial charge on any atom is -0.310 e. The summed E-state index contributed by atoms with van der Waals surface area (Å²) in [4.78, 5) is 2.40. The van der Waals surface area contributed by atoms with Gasteiger partial charge >= 0.3 is 0 Å². The van der Waals surface area contributed by atoms with E-state index in [0.29, 0.717) is 0 Å². The Labute approximate surface area is 339 Å². The summed E-state index contributed by atoms with van der Waals surface area (Å²) in [5.41, 5.74) is 23.8. The van der Waals surface area contributed by atoms with E-state index in [1.54, 1.807) is 0 Å². The zero-order chi connectivity index (χ0) is 39.6. The Morgan fingerprint density at radius 3 is 1.88 bits per heavy atom. The summed E-state index contributed by atoms with van der Waals surface area (Å²) in [5.74, 6) is 0. The maximum Gasteiger partial charge on any atom is 0.0540 e. The molecule has 1 heteroatoms. The van der Waals surface area contributed by atoms with Gasteiger partial charge in [-0.25, -0.2) is 0 Å².